The van der Waals surface area contributed by atoms with Crippen LogP contribution in [0.2, 0.25) is 0 Å². The van der Waals surface area contributed by atoms with E-state index in [1.165, 1.54) is 17.2 Å². The molecule has 0 aliphatic carbocycles. The number of aromatic nitrogens is 1. The number of hydrogen-bond donors (Lipinski definition) is 2. The van der Waals surface area contributed by atoms with E-state index >= 15 is 0 Å². The molecule has 0 aliphatic rings. The minimum Gasteiger partial charge on any atom is -0.298 e. The Kier molecular flexibility index (Phi) is 7.92. The van der Waals surface area contributed by atoms with Crippen molar-refractivity contribution in [3.05, 3.63) is 137 Å². The highest BCUT2D eigenvalue weighted by molar-refractivity contribution is 5.41. The predicted molar refractivity (Wildman–Crippen MR) is 142 cm³/mol. The van der Waals surface area contributed by atoms with Crippen molar-refractivity contribution in [2.24, 2.45) is 0 Å². The molecule has 0 bridgehead atoms. The van der Waals surface area contributed by atoms with Gasteiger partial charge in [0, 0.05) is 31.6 Å². The van der Waals surface area contributed by atoms with E-state index in [4.69, 9.17) is 4.98 Å². The summed E-state index contributed by atoms with van der Waals surface area (Å²) >= 11 is 0. The monoisotopic (exact) mass is 485 g/mol. The standard InChI is InChI=1S/C31H33F2N3/c1-23-12-7-8-15-26(23)22-35-24(2)36-31(29-18-9-10-19-34-29,21-25-13-5-4-6-14-25)28-17-11-16-27(20-28)30(3,32)33/h4-20,24,35-36H,21-22H2,1-3H3. The van der Waals surface area contributed by atoms with E-state index in [2.05, 4.69) is 48.7 Å². The van der Waals surface area contributed by atoms with Gasteiger partial charge in [0.15, 0.2) is 0 Å². The molecule has 36 heavy (non-hydrogen) atoms. The number of benzene rings is 3. The number of alkyl halides is 2. The van der Waals surface area contributed by atoms with Crippen molar-refractivity contribution in [1.82, 2.24) is 15.6 Å². The molecule has 0 saturated heterocycles. The van der Waals surface area contributed by atoms with E-state index in [1.807, 2.05) is 54.6 Å². The Morgan fingerprint density at radius 1 is 0.833 bits per heavy atom. The molecule has 0 aliphatic heterocycles. The second-order valence-corrected chi connectivity index (χ2v) is 9.43. The van der Waals surface area contributed by atoms with Gasteiger partial charge in [0.05, 0.1) is 17.4 Å². The fraction of sp³-hybridized carbons (Fsp3) is 0.258. The highest BCUT2D eigenvalue weighted by Crippen LogP contribution is 2.36. The minimum absolute atomic E-state index is 0.0179. The Morgan fingerprint density at radius 2 is 1.53 bits per heavy atom. The molecule has 0 spiro atoms. The van der Waals surface area contributed by atoms with E-state index in [1.54, 1.807) is 18.3 Å². The summed E-state index contributed by atoms with van der Waals surface area (Å²) in [6.45, 7) is 5.77. The zero-order valence-corrected chi connectivity index (χ0v) is 21.0. The van der Waals surface area contributed by atoms with Crippen LogP contribution in [0.3, 0.4) is 0 Å². The Labute approximate surface area is 212 Å². The summed E-state index contributed by atoms with van der Waals surface area (Å²) in [7, 11) is 0. The normalized spacial score (nSPS) is 14.2. The van der Waals surface area contributed by atoms with E-state index in [-0.39, 0.29) is 11.7 Å². The zero-order valence-electron chi connectivity index (χ0n) is 21.0. The molecule has 3 aromatic carbocycles. The van der Waals surface area contributed by atoms with Gasteiger partial charge < -0.3 is 0 Å². The Hall–Kier alpha value is -3.41. The molecule has 0 fully saturated rings. The van der Waals surface area contributed by atoms with E-state index in [0.717, 1.165) is 23.7 Å². The van der Waals surface area contributed by atoms with Gasteiger partial charge in [-0.25, -0.2) is 8.78 Å². The zero-order chi connectivity index (χ0) is 25.6. The summed E-state index contributed by atoms with van der Waals surface area (Å²) < 4.78 is 28.8. The van der Waals surface area contributed by atoms with Gasteiger partial charge in [0.1, 0.15) is 0 Å². The average molecular weight is 486 g/mol. The Balaban J connectivity index is 1.78. The Morgan fingerprint density at radius 3 is 2.22 bits per heavy atom. The molecule has 1 aromatic heterocycles. The van der Waals surface area contributed by atoms with Crippen molar-refractivity contribution in [2.45, 2.75) is 51.4 Å². The van der Waals surface area contributed by atoms with Crippen molar-refractivity contribution in [1.29, 1.82) is 0 Å². The number of rotatable bonds is 10. The molecule has 0 radical (unpaired) electrons. The van der Waals surface area contributed by atoms with Crippen LogP contribution >= 0.6 is 0 Å². The Bertz CT molecular complexity index is 1260. The topological polar surface area (TPSA) is 37.0 Å². The molecule has 3 nitrogen and oxygen atoms in total. The van der Waals surface area contributed by atoms with Gasteiger partial charge in [-0.05, 0) is 54.3 Å². The fourth-order valence-electron chi connectivity index (χ4n) is 4.62. The van der Waals surface area contributed by atoms with E-state index in [9.17, 15) is 8.78 Å². The molecule has 0 saturated carbocycles. The lowest BCUT2D eigenvalue weighted by Gasteiger charge is -2.39. The number of nitrogens with zero attached hydrogens (tertiary/aromatic N) is 1. The summed E-state index contributed by atoms with van der Waals surface area (Å²) in [5.74, 6) is -2.95. The highest BCUT2D eigenvalue weighted by Gasteiger charge is 2.38. The smallest absolute Gasteiger partial charge is 0.270 e. The summed E-state index contributed by atoms with van der Waals surface area (Å²) in [5, 5.41) is 7.34. The molecule has 2 unspecified atom stereocenters. The first kappa shape index (κ1) is 25.7. The maximum absolute atomic E-state index is 14.4. The molecular formula is C31H33F2N3. The fourth-order valence-corrected chi connectivity index (χ4v) is 4.62. The van der Waals surface area contributed by atoms with Crippen molar-refractivity contribution in [3.8, 4) is 0 Å². The van der Waals surface area contributed by atoms with Gasteiger partial charge in [0.25, 0.3) is 5.92 Å². The third-order valence-corrected chi connectivity index (χ3v) is 6.60. The van der Waals surface area contributed by atoms with Crippen molar-refractivity contribution in [2.75, 3.05) is 0 Å². The number of hydrogen-bond acceptors (Lipinski definition) is 3. The third kappa shape index (κ3) is 6.04. The molecular weight excluding hydrogens is 452 g/mol. The van der Waals surface area contributed by atoms with E-state index in [0.29, 0.717) is 13.0 Å². The van der Waals surface area contributed by atoms with Gasteiger partial charge in [-0.15, -0.1) is 0 Å². The van der Waals surface area contributed by atoms with Gasteiger partial charge in [-0.3, -0.25) is 15.6 Å². The van der Waals surface area contributed by atoms with Gasteiger partial charge >= 0.3 is 0 Å². The molecule has 4 rings (SSSR count). The maximum Gasteiger partial charge on any atom is 0.270 e. The van der Waals surface area contributed by atoms with Gasteiger partial charge in [0.2, 0.25) is 0 Å². The third-order valence-electron chi connectivity index (χ3n) is 6.60. The number of pyridine rings is 1. The van der Waals surface area contributed by atoms with Crippen LogP contribution in [-0.2, 0) is 24.4 Å². The van der Waals surface area contributed by atoms with Crippen LogP contribution in [0.15, 0.2) is 103 Å². The van der Waals surface area contributed by atoms with Gasteiger partial charge in [-0.2, -0.15) is 0 Å². The molecule has 1 heterocycles. The van der Waals surface area contributed by atoms with Crippen LogP contribution in [0.5, 0.6) is 0 Å². The predicted octanol–water partition coefficient (Wildman–Crippen LogP) is 6.71. The van der Waals surface area contributed by atoms with Crippen LogP contribution in [0, 0.1) is 6.92 Å². The lowest BCUT2D eigenvalue weighted by atomic mass is 9.79. The summed E-state index contributed by atoms with van der Waals surface area (Å²) in [6, 6.07) is 30.8. The second kappa shape index (κ2) is 11.1. The van der Waals surface area contributed by atoms with Crippen LogP contribution < -0.4 is 10.6 Å². The van der Waals surface area contributed by atoms with Crippen molar-refractivity contribution < 1.29 is 8.78 Å². The molecule has 4 aromatic rings. The molecule has 2 N–H and O–H groups in total. The van der Waals surface area contributed by atoms with E-state index < -0.39 is 11.5 Å². The quantitative estimate of drug-likeness (QED) is 0.245. The van der Waals surface area contributed by atoms with Crippen LogP contribution in [0.1, 0.15) is 47.4 Å². The molecule has 2 atom stereocenters. The first-order valence-corrected chi connectivity index (χ1v) is 12.3. The average Bonchev–Trinajstić information content (AvgIpc) is 2.88. The summed E-state index contributed by atoms with van der Waals surface area (Å²) in [5.41, 5.74) is 4.16. The highest BCUT2D eigenvalue weighted by atomic mass is 19.3. The molecule has 0 amide bonds. The number of nitrogens with one attached hydrogen (secondary N) is 2. The lowest BCUT2D eigenvalue weighted by Crippen LogP contribution is -2.54. The summed E-state index contributed by atoms with van der Waals surface area (Å²) in [4.78, 5) is 4.72. The summed E-state index contributed by atoms with van der Waals surface area (Å²) in [6.07, 6.45) is 2.14. The van der Waals surface area contributed by atoms with Crippen molar-refractivity contribution in [3.63, 3.8) is 0 Å². The number of halogens is 2. The lowest BCUT2D eigenvalue weighted by molar-refractivity contribution is 0.0173. The maximum atomic E-state index is 14.4. The number of aryl methyl sites for hydroxylation is 1. The van der Waals surface area contributed by atoms with Crippen LogP contribution in [-0.4, -0.2) is 11.1 Å². The van der Waals surface area contributed by atoms with Crippen molar-refractivity contribution >= 4 is 0 Å². The largest absolute Gasteiger partial charge is 0.298 e. The molecule has 186 valence electrons. The van der Waals surface area contributed by atoms with Crippen LogP contribution in [0.4, 0.5) is 8.78 Å². The first-order valence-electron chi connectivity index (χ1n) is 12.3. The SMILES string of the molecule is Cc1ccccc1CNC(C)NC(Cc1ccccc1)(c1cccc(C(C)(F)F)c1)c1ccccn1. The second-order valence-electron chi connectivity index (χ2n) is 9.43. The minimum atomic E-state index is -2.95. The molecule has 5 heteroatoms. The van der Waals surface area contributed by atoms with Crippen LogP contribution in [0.25, 0.3) is 0 Å². The van der Waals surface area contributed by atoms with Gasteiger partial charge in [-0.1, -0.05) is 78.9 Å². The first-order chi connectivity index (χ1) is 17.3.